The Labute approximate surface area is 104 Å². The van der Waals surface area contributed by atoms with Crippen molar-refractivity contribution in [3.8, 4) is 22.5 Å². The molecule has 0 saturated heterocycles. The lowest BCUT2D eigenvalue weighted by molar-refractivity contribution is 1.17. The molecule has 3 aromatic rings. The van der Waals surface area contributed by atoms with Crippen LogP contribution in [0.1, 0.15) is 0 Å². The van der Waals surface area contributed by atoms with Crippen LogP contribution in [0.15, 0.2) is 61.4 Å². The van der Waals surface area contributed by atoms with Gasteiger partial charge < -0.3 is 0 Å². The van der Waals surface area contributed by atoms with Crippen LogP contribution < -0.4 is 0 Å². The lowest BCUT2D eigenvalue weighted by atomic mass is 10.1. The highest BCUT2D eigenvalue weighted by Crippen LogP contribution is 2.21. The molecule has 3 heterocycles. The number of nitrogens with zero attached hydrogens (tertiary/aromatic N) is 4. The molecule has 18 heavy (non-hydrogen) atoms. The van der Waals surface area contributed by atoms with Crippen molar-refractivity contribution in [2.24, 2.45) is 0 Å². The van der Waals surface area contributed by atoms with Gasteiger partial charge in [-0.3, -0.25) is 9.97 Å². The van der Waals surface area contributed by atoms with E-state index in [0.717, 1.165) is 22.5 Å². The molecule has 4 nitrogen and oxygen atoms in total. The molecule has 86 valence electrons. The second kappa shape index (κ2) is 4.71. The summed E-state index contributed by atoms with van der Waals surface area (Å²) in [5.74, 6) is 0. The minimum atomic E-state index is 0.844. The van der Waals surface area contributed by atoms with E-state index in [0.29, 0.717) is 0 Å². The molecule has 0 aliphatic heterocycles. The molecule has 0 N–H and O–H groups in total. The Kier molecular flexibility index (Phi) is 2.75. The van der Waals surface area contributed by atoms with Crippen molar-refractivity contribution in [3.05, 3.63) is 61.4 Å². The first kappa shape index (κ1) is 10.5. The van der Waals surface area contributed by atoms with Crippen LogP contribution in [0.5, 0.6) is 0 Å². The highest BCUT2D eigenvalue weighted by molar-refractivity contribution is 5.67. The lowest BCUT2D eigenvalue weighted by Gasteiger charge is -2.03. The quantitative estimate of drug-likeness (QED) is 0.684. The lowest BCUT2D eigenvalue weighted by Crippen LogP contribution is -1.88. The van der Waals surface area contributed by atoms with Crippen LogP contribution in [0.4, 0.5) is 0 Å². The molecule has 0 amide bonds. The normalized spacial score (nSPS) is 10.2. The van der Waals surface area contributed by atoms with Gasteiger partial charge in [0.15, 0.2) is 0 Å². The summed E-state index contributed by atoms with van der Waals surface area (Å²) in [7, 11) is 0. The Balaban J connectivity index is 2.05. The summed E-state index contributed by atoms with van der Waals surface area (Å²) < 4.78 is 0. The third kappa shape index (κ3) is 2.08. The van der Waals surface area contributed by atoms with Crippen molar-refractivity contribution in [2.75, 3.05) is 0 Å². The third-order valence-corrected chi connectivity index (χ3v) is 2.58. The predicted molar refractivity (Wildman–Crippen MR) is 68.5 cm³/mol. The molecule has 3 aromatic heterocycles. The van der Waals surface area contributed by atoms with Gasteiger partial charge in [-0.2, -0.15) is 0 Å². The summed E-state index contributed by atoms with van der Waals surface area (Å²) in [6.45, 7) is 0. The van der Waals surface area contributed by atoms with Gasteiger partial charge in [0.25, 0.3) is 0 Å². The molecule has 0 radical (unpaired) electrons. The average Bonchev–Trinajstić information content (AvgIpc) is 2.49. The number of hydrogen-bond donors (Lipinski definition) is 0. The van der Waals surface area contributed by atoms with Crippen molar-refractivity contribution in [1.82, 2.24) is 19.9 Å². The summed E-state index contributed by atoms with van der Waals surface area (Å²) in [6, 6.07) is 9.69. The third-order valence-electron chi connectivity index (χ3n) is 2.58. The predicted octanol–water partition coefficient (Wildman–Crippen LogP) is 2.60. The molecular weight excluding hydrogens is 224 g/mol. The fraction of sp³-hybridized carbons (Fsp3) is 0. The highest BCUT2D eigenvalue weighted by Gasteiger charge is 2.03. The van der Waals surface area contributed by atoms with E-state index in [9.17, 15) is 0 Å². The van der Waals surface area contributed by atoms with Crippen LogP contribution in [0, 0.1) is 0 Å². The second-order valence-electron chi connectivity index (χ2n) is 3.77. The van der Waals surface area contributed by atoms with E-state index in [-0.39, 0.29) is 0 Å². The zero-order valence-corrected chi connectivity index (χ0v) is 9.56. The van der Waals surface area contributed by atoms with Gasteiger partial charge >= 0.3 is 0 Å². The van der Waals surface area contributed by atoms with Gasteiger partial charge in [-0.15, -0.1) is 0 Å². The summed E-state index contributed by atoms with van der Waals surface area (Å²) >= 11 is 0. The number of rotatable bonds is 2. The van der Waals surface area contributed by atoms with Crippen LogP contribution in [0.25, 0.3) is 22.5 Å². The van der Waals surface area contributed by atoms with Crippen LogP contribution in [-0.4, -0.2) is 19.9 Å². The van der Waals surface area contributed by atoms with Crippen LogP contribution in [-0.2, 0) is 0 Å². The van der Waals surface area contributed by atoms with Crippen molar-refractivity contribution in [1.29, 1.82) is 0 Å². The largest absolute Gasteiger partial charge is 0.255 e. The van der Waals surface area contributed by atoms with Crippen molar-refractivity contribution in [3.63, 3.8) is 0 Å². The van der Waals surface area contributed by atoms with Gasteiger partial charge in [0, 0.05) is 30.4 Å². The minimum Gasteiger partial charge on any atom is -0.255 e. The maximum atomic E-state index is 4.33. The summed E-state index contributed by atoms with van der Waals surface area (Å²) in [5.41, 5.74) is 3.71. The molecule has 0 atom stereocenters. The molecular formula is C14H10N4. The molecule has 0 aliphatic carbocycles. The first-order valence-corrected chi connectivity index (χ1v) is 5.56. The Morgan fingerprint density at radius 1 is 0.722 bits per heavy atom. The SMILES string of the molecule is c1ccc(-c2cc(-c3cncnc3)ccn2)nc1. The fourth-order valence-electron chi connectivity index (χ4n) is 1.71. The fourth-order valence-corrected chi connectivity index (χ4v) is 1.71. The molecule has 0 aromatic carbocycles. The topological polar surface area (TPSA) is 51.6 Å². The Morgan fingerprint density at radius 2 is 1.56 bits per heavy atom. The molecule has 4 heteroatoms. The van der Waals surface area contributed by atoms with Crippen LogP contribution in [0.2, 0.25) is 0 Å². The monoisotopic (exact) mass is 234 g/mol. The summed E-state index contributed by atoms with van der Waals surface area (Å²) in [6.07, 6.45) is 8.61. The first-order chi connectivity index (χ1) is 8.93. The summed E-state index contributed by atoms with van der Waals surface area (Å²) in [5, 5.41) is 0. The highest BCUT2D eigenvalue weighted by atomic mass is 14.8. The van der Waals surface area contributed by atoms with Gasteiger partial charge in [-0.05, 0) is 29.8 Å². The number of aromatic nitrogens is 4. The molecule has 0 unspecified atom stereocenters. The molecule has 0 spiro atoms. The van der Waals surface area contributed by atoms with E-state index < -0.39 is 0 Å². The zero-order valence-electron chi connectivity index (χ0n) is 9.56. The molecule has 0 aliphatic rings. The molecule has 0 saturated carbocycles. The molecule has 0 bridgehead atoms. The standard InChI is InChI=1S/C14H10N4/c1-2-5-17-13(3-1)14-7-11(4-6-18-14)12-8-15-10-16-9-12/h1-10H. The van der Waals surface area contributed by atoms with E-state index in [1.54, 1.807) is 24.8 Å². The maximum Gasteiger partial charge on any atom is 0.115 e. The van der Waals surface area contributed by atoms with Crippen molar-refractivity contribution < 1.29 is 0 Å². The van der Waals surface area contributed by atoms with E-state index in [4.69, 9.17) is 0 Å². The van der Waals surface area contributed by atoms with E-state index in [1.807, 2.05) is 30.3 Å². The first-order valence-electron chi connectivity index (χ1n) is 5.56. The minimum absolute atomic E-state index is 0.844. The van der Waals surface area contributed by atoms with E-state index >= 15 is 0 Å². The zero-order chi connectivity index (χ0) is 12.2. The number of hydrogen-bond acceptors (Lipinski definition) is 4. The average molecular weight is 234 g/mol. The number of pyridine rings is 2. The second-order valence-corrected chi connectivity index (χ2v) is 3.77. The summed E-state index contributed by atoms with van der Waals surface area (Å²) in [4.78, 5) is 16.7. The maximum absolute atomic E-state index is 4.33. The van der Waals surface area contributed by atoms with Crippen LogP contribution >= 0.6 is 0 Å². The van der Waals surface area contributed by atoms with Gasteiger partial charge in [-0.25, -0.2) is 9.97 Å². The Hall–Kier alpha value is -2.62. The van der Waals surface area contributed by atoms with Crippen molar-refractivity contribution >= 4 is 0 Å². The van der Waals surface area contributed by atoms with Crippen LogP contribution in [0.3, 0.4) is 0 Å². The van der Waals surface area contributed by atoms with E-state index in [2.05, 4.69) is 19.9 Å². The van der Waals surface area contributed by atoms with Gasteiger partial charge in [0.05, 0.1) is 11.4 Å². The van der Waals surface area contributed by atoms with Gasteiger partial charge in [0.1, 0.15) is 6.33 Å². The van der Waals surface area contributed by atoms with Gasteiger partial charge in [0.2, 0.25) is 0 Å². The Morgan fingerprint density at radius 3 is 2.33 bits per heavy atom. The van der Waals surface area contributed by atoms with Gasteiger partial charge in [-0.1, -0.05) is 6.07 Å². The smallest absolute Gasteiger partial charge is 0.115 e. The molecule has 0 fully saturated rings. The van der Waals surface area contributed by atoms with Crippen molar-refractivity contribution in [2.45, 2.75) is 0 Å². The Bertz CT molecular complexity index is 583. The van der Waals surface area contributed by atoms with E-state index in [1.165, 1.54) is 6.33 Å². The molecule has 3 rings (SSSR count).